The molecule has 9 nitrogen and oxygen atoms in total. The summed E-state index contributed by atoms with van der Waals surface area (Å²) in [5.41, 5.74) is 3.85. The van der Waals surface area contributed by atoms with E-state index in [1.54, 1.807) is 60.7 Å². The zero-order valence-corrected chi connectivity index (χ0v) is 23.4. The fourth-order valence-corrected chi connectivity index (χ4v) is 4.62. The molecular formula is C32H28F2N6O3. The number of nitrogens with one attached hydrogen (secondary N) is 3. The Labute approximate surface area is 245 Å². The number of H-pyrrole nitrogens is 1. The topological polar surface area (TPSA) is 110 Å². The lowest BCUT2D eigenvalue weighted by atomic mass is 9.95. The molecule has 0 aliphatic heterocycles. The summed E-state index contributed by atoms with van der Waals surface area (Å²) in [6.07, 6.45) is 1.46. The number of anilines is 2. The molecule has 2 amide bonds. The first-order valence-corrected chi connectivity index (χ1v) is 13.4. The number of aromatic amines is 1. The highest BCUT2D eigenvalue weighted by Crippen LogP contribution is 2.37. The van der Waals surface area contributed by atoms with E-state index in [-0.39, 0.29) is 16.8 Å². The number of halogens is 2. The normalized spacial score (nSPS) is 11.0. The van der Waals surface area contributed by atoms with Crippen LogP contribution in [0.15, 0.2) is 95.9 Å². The summed E-state index contributed by atoms with van der Waals surface area (Å²) in [5, 5.41) is 4.65. The summed E-state index contributed by atoms with van der Waals surface area (Å²) in [6.45, 7) is 0.861. The number of amides is 2. The number of carbonyl (C=O) groups is 2. The van der Waals surface area contributed by atoms with Gasteiger partial charge in [0.25, 0.3) is 17.4 Å². The highest BCUT2D eigenvalue weighted by atomic mass is 19.2. The third-order valence-electron chi connectivity index (χ3n) is 6.67. The quantitative estimate of drug-likeness (QED) is 0.219. The third-order valence-corrected chi connectivity index (χ3v) is 6.67. The van der Waals surface area contributed by atoms with Crippen molar-refractivity contribution in [3.8, 4) is 11.1 Å². The SMILES string of the molecule is CN(C)CCNC(=O)c1c(-c2ccccc2)c2c(N(NC(=O)c3ccc(F)c(F)c3)c3ccccc3)ccnc2[nH]c1=O. The van der Waals surface area contributed by atoms with Crippen molar-refractivity contribution in [3.05, 3.63) is 124 Å². The Morgan fingerprint density at radius 2 is 1.58 bits per heavy atom. The Kier molecular flexibility index (Phi) is 8.54. The van der Waals surface area contributed by atoms with Crippen LogP contribution in [0.5, 0.6) is 0 Å². The Balaban J connectivity index is 1.74. The minimum Gasteiger partial charge on any atom is -0.351 e. The van der Waals surface area contributed by atoms with E-state index in [0.717, 1.165) is 12.1 Å². The molecule has 0 unspecified atom stereocenters. The fourth-order valence-electron chi connectivity index (χ4n) is 4.62. The standard InChI is InChI=1S/C32H28F2N6O3/c1-39(2)18-17-36-31(42)28-26(20-9-5-3-6-10-20)27-25(15-16-35-29(27)37-32(28)43)40(22-11-7-4-8-12-22)38-30(41)21-13-14-23(33)24(34)19-21/h3-16,19H,17-18H2,1-2H3,(H,36,42)(H,38,41)(H,35,37,43). The van der Waals surface area contributed by atoms with Crippen molar-refractivity contribution in [2.45, 2.75) is 0 Å². The lowest BCUT2D eigenvalue weighted by molar-refractivity contribution is 0.0943. The number of hydrogen-bond donors (Lipinski definition) is 3. The molecule has 3 aromatic carbocycles. The van der Waals surface area contributed by atoms with Gasteiger partial charge in [0.15, 0.2) is 11.6 Å². The molecule has 5 rings (SSSR count). The molecule has 0 spiro atoms. The minimum absolute atomic E-state index is 0.115. The van der Waals surface area contributed by atoms with Gasteiger partial charge in [-0.25, -0.2) is 13.8 Å². The molecule has 0 fully saturated rings. The van der Waals surface area contributed by atoms with Gasteiger partial charge >= 0.3 is 0 Å². The van der Waals surface area contributed by atoms with E-state index < -0.39 is 29.0 Å². The lowest BCUT2D eigenvalue weighted by Crippen LogP contribution is -2.39. The second kappa shape index (κ2) is 12.6. The molecule has 0 bridgehead atoms. The van der Waals surface area contributed by atoms with Crippen LogP contribution in [0.4, 0.5) is 20.2 Å². The molecule has 2 heterocycles. The van der Waals surface area contributed by atoms with E-state index in [0.29, 0.717) is 41.0 Å². The van der Waals surface area contributed by atoms with Crippen LogP contribution < -0.4 is 21.3 Å². The average Bonchev–Trinajstić information content (AvgIpc) is 3.00. The highest BCUT2D eigenvalue weighted by molar-refractivity contribution is 6.12. The minimum atomic E-state index is -1.16. The number of para-hydroxylation sites is 1. The Hall–Kier alpha value is -5.42. The van der Waals surface area contributed by atoms with E-state index in [1.165, 1.54) is 17.3 Å². The van der Waals surface area contributed by atoms with E-state index in [1.807, 2.05) is 25.1 Å². The van der Waals surface area contributed by atoms with Crippen molar-refractivity contribution >= 4 is 34.2 Å². The molecule has 3 N–H and O–H groups in total. The van der Waals surface area contributed by atoms with Gasteiger partial charge in [0.05, 0.1) is 16.8 Å². The van der Waals surface area contributed by atoms with Crippen LogP contribution >= 0.6 is 0 Å². The number of fused-ring (bicyclic) bond motifs is 1. The maximum atomic E-state index is 14.0. The zero-order chi connectivity index (χ0) is 30.5. The van der Waals surface area contributed by atoms with Gasteiger partial charge in [-0.1, -0.05) is 48.5 Å². The summed E-state index contributed by atoms with van der Waals surface area (Å²) >= 11 is 0. The maximum Gasteiger partial charge on any atom is 0.270 e. The number of aromatic nitrogens is 2. The number of likely N-dealkylation sites (N-methyl/N-ethyl adjacent to an activating group) is 1. The van der Waals surface area contributed by atoms with Crippen LogP contribution in [0.2, 0.25) is 0 Å². The van der Waals surface area contributed by atoms with Crippen LogP contribution in [0.3, 0.4) is 0 Å². The van der Waals surface area contributed by atoms with Crippen molar-refractivity contribution in [1.29, 1.82) is 0 Å². The highest BCUT2D eigenvalue weighted by Gasteiger charge is 2.26. The van der Waals surface area contributed by atoms with E-state index in [9.17, 15) is 23.2 Å². The number of rotatable bonds is 9. The van der Waals surface area contributed by atoms with Gasteiger partial charge in [-0.3, -0.25) is 24.8 Å². The van der Waals surface area contributed by atoms with E-state index >= 15 is 0 Å². The van der Waals surface area contributed by atoms with Gasteiger partial charge in [0.1, 0.15) is 11.2 Å². The zero-order valence-electron chi connectivity index (χ0n) is 23.4. The first kappa shape index (κ1) is 29.1. The number of pyridine rings is 2. The third kappa shape index (κ3) is 6.26. The van der Waals surface area contributed by atoms with Crippen molar-refractivity contribution in [3.63, 3.8) is 0 Å². The van der Waals surface area contributed by atoms with Crippen molar-refractivity contribution in [1.82, 2.24) is 25.6 Å². The predicted octanol–water partition coefficient (Wildman–Crippen LogP) is 4.64. The number of carbonyl (C=O) groups excluding carboxylic acids is 2. The van der Waals surface area contributed by atoms with Crippen LogP contribution in [-0.2, 0) is 0 Å². The monoisotopic (exact) mass is 582 g/mol. The number of benzene rings is 3. The molecule has 43 heavy (non-hydrogen) atoms. The van der Waals surface area contributed by atoms with Crippen molar-refractivity contribution in [2.24, 2.45) is 0 Å². The Morgan fingerprint density at radius 3 is 2.26 bits per heavy atom. The van der Waals surface area contributed by atoms with Crippen molar-refractivity contribution in [2.75, 3.05) is 32.2 Å². The first-order valence-electron chi connectivity index (χ1n) is 13.4. The molecule has 0 saturated carbocycles. The molecule has 11 heteroatoms. The summed E-state index contributed by atoms with van der Waals surface area (Å²) in [5.74, 6) is -3.54. The molecule has 0 aliphatic carbocycles. The average molecular weight is 583 g/mol. The van der Waals surface area contributed by atoms with Gasteiger partial charge in [0.2, 0.25) is 0 Å². The molecule has 0 radical (unpaired) electrons. The molecule has 5 aromatic rings. The smallest absolute Gasteiger partial charge is 0.270 e. The Bertz CT molecular complexity index is 1850. The first-order chi connectivity index (χ1) is 20.7. The lowest BCUT2D eigenvalue weighted by Gasteiger charge is -2.27. The number of nitrogens with zero attached hydrogens (tertiary/aromatic N) is 3. The fraction of sp³-hybridized carbons (Fsp3) is 0.125. The molecule has 0 saturated heterocycles. The van der Waals surface area contributed by atoms with Gasteiger partial charge in [-0.05, 0) is 56.1 Å². The van der Waals surface area contributed by atoms with Crippen LogP contribution in [0.25, 0.3) is 22.2 Å². The maximum absolute atomic E-state index is 14.0. The summed E-state index contributed by atoms with van der Waals surface area (Å²) < 4.78 is 27.6. The van der Waals surface area contributed by atoms with Crippen LogP contribution in [0, 0.1) is 11.6 Å². The largest absolute Gasteiger partial charge is 0.351 e. The number of hydrogen-bond acceptors (Lipinski definition) is 6. The molecule has 0 atom stereocenters. The van der Waals surface area contributed by atoms with Gasteiger partial charge < -0.3 is 15.2 Å². The van der Waals surface area contributed by atoms with Gasteiger partial charge in [-0.2, -0.15) is 0 Å². The predicted molar refractivity (Wildman–Crippen MR) is 161 cm³/mol. The van der Waals surface area contributed by atoms with Crippen LogP contribution in [0.1, 0.15) is 20.7 Å². The number of hydrazine groups is 1. The van der Waals surface area contributed by atoms with Gasteiger partial charge in [-0.15, -0.1) is 0 Å². The summed E-state index contributed by atoms with van der Waals surface area (Å²) in [7, 11) is 3.74. The second-order valence-electron chi connectivity index (χ2n) is 9.92. The van der Waals surface area contributed by atoms with Gasteiger partial charge in [0, 0.05) is 30.4 Å². The van der Waals surface area contributed by atoms with Crippen LogP contribution in [-0.4, -0.2) is 53.9 Å². The van der Waals surface area contributed by atoms with Crippen molar-refractivity contribution < 1.29 is 18.4 Å². The summed E-state index contributed by atoms with van der Waals surface area (Å²) in [4.78, 5) is 49.3. The molecule has 218 valence electrons. The summed E-state index contributed by atoms with van der Waals surface area (Å²) in [6, 6.07) is 22.2. The Morgan fingerprint density at radius 1 is 0.884 bits per heavy atom. The molecule has 0 aliphatic rings. The molecular weight excluding hydrogens is 554 g/mol. The second-order valence-corrected chi connectivity index (χ2v) is 9.92. The molecule has 2 aromatic heterocycles. The van der Waals surface area contributed by atoms with E-state index in [4.69, 9.17) is 0 Å². The van der Waals surface area contributed by atoms with E-state index in [2.05, 4.69) is 20.7 Å².